The third kappa shape index (κ3) is 4.75. The first-order valence-corrected chi connectivity index (χ1v) is 11.8. The maximum absolute atomic E-state index is 6.39. The Morgan fingerprint density at radius 3 is 1.32 bits per heavy atom. The summed E-state index contributed by atoms with van der Waals surface area (Å²) >= 11 is 0. The van der Waals surface area contributed by atoms with Gasteiger partial charge in [-0.1, -0.05) is 47.5 Å². The number of hydrogen-bond acceptors (Lipinski definition) is 4. The molecule has 0 aliphatic carbocycles. The minimum atomic E-state index is 0.477. The molecule has 178 valence electrons. The quantitative estimate of drug-likeness (QED) is 0.255. The first-order valence-electron chi connectivity index (χ1n) is 11.8. The van der Waals surface area contributed by atoms with Gasteiger partial charge in [-0.15, -0.1) is 0 Å². The fraction of sp³-hybridized carbons (Fsp3) is 0.333. The van der Waals surface area contributed by atoms with E-state index in [1.54, 1.807) is 14.2 Å². The van der Waals surface area contributed by atoms with Gasteiger partial charge in [-0.3, -0.25) is 0 Å². The number of ether oxygens (including phenoxy) is 4. The van der Waals surface area contributed by atoms with Crippen molar-refractivity contribution in [1.29, 1.82) is 0 Å². The normalized spacial score (nSPS) is 11.4. The van der Waals surface area contributed by atoms with Gasteiger partial charge in [0.1, 0.15) is 24.7 Å². The molecule has 4 aromatic rings. The first kappa shape index (κ1) is 24.1. The number of rotatable bonds is 9. The van der Waals surface area contributed by atoms with Crippen LogP contribution in [0.15, 0.2) is 48.5 Å². The summed E-state index contributed by atoms with van der Waals surface area (Å²) in [6, 6.07) is 17.6. The van der Waals surface area contributed by atoms with Gasteiger partial charge in [0, 0.05) is 25.3 Å². The average Bonchev–Trinajstić information content (AvgIpc) is 2.80. The molecule has 0 unspecified atom stereocenters. The minimum Gasteiger partial charge on any atom is -0.490 e. The van der Waals surface area contributed by atoms with E-state index in [1.807, 2.05) is 0 Å². The average molecular weight is 459 g/mol. The van der Waals surface area contributed by atoms with E-state index < -0.39 is 0 Å². The topological polar surface area (TPSA) is 36.9 Å². The van der Waals surface area contributed by atoms with E-state index in [1.165, 1.54) is 21.9 Å². The van der Waals surface area contributed by atoms with Gasteiger partial charge in [0.2, 0.25) is 0 Å². The summed E-state index contributed by atoms with van der Waals surface area (Å²) in [6.07, 6.45) is 0. The molecule has 0 atom stereocenters. The van der Waals surface area contributed by atoms with E-state index in [2.05, 4.69) is 76.2 Å². The molecule has 0 radical (unpaired) electrons. The zero-order valence-electron chi connectivity index (χ0n) is 21.1. The van der Waals surface area contributed by atoms with E-state index in [4.69, 9.17) is 18.9 Å². The van der Waals surface area contributed by atoms with Gasteiger partial charge in [-0.05, 0) is 72.5 Å². The highest BCUT2D eigenvalue weighted by Gasteiger charge is 2.22. The van der Waals surface area contributed by atoms with Gasteiger partial charge >= 0.3 is 0 Å². The molecule has 0 aliphatic rings. The van der Waals surface area contributed by atoms with E-state index in [9.17, 15) is 0 Å². The van der Waals surface area contributed by atoms with Crippen LogP contribution in [0.2, 0.25) is 0 Å². The van der Waals surface area contributed by atoms with Crippen LogP contribution < -0.4 is 9.47 Å². The van der Waals surface area contributed by atoms with Gasteiger partial charge in [-0.25, -0.2) is 0 Å². The standard InChI is InChI=1S/C30H34O4/c1-19-7-9-25-23(15-19)17-21(3)29(33-13-11-31-5)27(25)28-26-10-8-20(2)16-24(26)18-22(4)30(28)34-14-12-32-6/h7-10,15-18H,11-14H2,1-6H3. The van der Waals surface area contributed by atoms with Crippen LogP contribution in [-0.4, -0.2) is 40.6 Å². The third-order valence-corrected chi connectivity index (χ3v) is 6.18. The van der Waals surface area contributed by atoms with Crippen molar-refractivity contribution in [2.75, 3.05) is 40.6 Å². The Morgan fingerprint density at radius 1 is 0.529 bits per heavy atom. The van der Waals surface area contributed by atoms with Crippen molar-refractivity contribution in [2.45, 2.75) is 27.7 Å². The van der Waals surface area contributed by atoms with Crippen LogP contribution in [0.3, 0.4) is 0 Å². The Bertz CT molecular complexity index is 1220. The Morgan fingerprint density at radius 2 is 0.941 bits per heavy atom. The molecule has 0 bridgehead atoms. The first-order chi connectivity index (χ1) is 16.4. The van der Waals surface area contributed by atoms with Crippen molar-refractivity contribution in [3.8, 4) is 22.6 Å². The van der Waals surface area contributed by atoms with E-state index in [0.29, 0.717) is 26.4 Å². The predicted octanol–water partition coefficient (Wildman–Crippen LogP) is 6.94. The van der Waals surface area contributed by atoms with Crippen LogP contribution in [0.4, 0.5) is 0 Å². The van der Waals surface area contributed by atoms with Crippen LogP contribution in [0.1, 0.15) is 22.3 Å². The lowest BCUT2D eigenvalue weighted by molar-refractivity contribution is 0.145. The molecule has 34 heavy (non-hydrogen) atoms. The Labute approximate surface area is 202 Å². The van der Waals surface area contributed by atoms with Gasteiger partial charge < -0.3 is 18.9 Å². The zero-order chi connectivity index (χ0) is 24.2. The molecular formula is C30H34O4. The highest BCUT2D eigenvalue weighted by atomic mass is 16.5. The Balaban J connectivity index is 2.10. The molecule has 0 saturated carbocycles. The van der Waals surface area contributed by atoms with Crippen molar-refractivity contribution in [2.24, 2.45) is 0 Å². The predicted molar refractivity (Wildman–Crippen MR) is 141 cm³/mol. The fourth-order valence-corrected chi connectivity index (χ4v) is 4.62. The maximum Gasteiger partial charge on any atom is 0.130 e. The molecular weight excluding hydrogens is 424 g/mol. The summed E-state index contributed by atoms with van der Waals surface area (Å²) in [5, 5.41) is 4.67. The molecule has 4 aromatic carbocycles. The highest BCUT2D eigenvalue weighted by molar-refractivity contribution is 6.11. The van der Waals surface area contributed by atoms with Gasteiger partial charge in [0.05, 0.1) is 13.2 Å². The fourth-order valence-electron chi connectivity index (χ4n) is 4.62. The molecule has 0 heterocycles. The lowest BCUT2D eigenvalue weighted by Gasteiger charge is -2.23. The number of methoxy groups -OCH3 is 2. The summed E-state index contributed by atoms with van der Waals surface area (Å²) in [5.41, 5.74) is 6.77. The highest BCUT2D eigenvalue weighted by Crippen LogP contribution is 2.48. The molecule has 4 nitrogen and oxygen atoms in total. The largest absolute Gasteiger partial charge is 0.490 e. The Hall–Kier alpha value is -3.08. The molecule has 0 N–H and O–H groups in total. The number of aryl methyl sites for hydroxylation is 4. The van der Waals surface area contributed by atoms with Crippen LogP contribution in [0.5, 0.6) is 11.5 Å². The molecule has 4 rings (SSSR count). The maximum atomic E-state index is 6.39. The van der Waals surface area contributed by atoms with E-state index in [0.717, 1.165) is 44.5 Å². The van der Waals surface area contributed by atoms with Gasteiger partial charge in [0.15, 0.2) is 0 Å². The van der Waals surface area contributed by atoms with E-state index in [-0.39, 0.29) is 0 Å². The molecule has 0 aromatic heterocycles. The van der Waals surface area contributed by atoms with Crippen LogP contribution in [0.25, 0.3) is 32.7 Å². The minimum absolute atomic E-state index is 0.477. The van der Waals surface area contributed by atoms with E-state index >= 15 is 0 Å². The van der Waals surface area contributed by atoms with Crippen molar-refractivity contribution < 1.29 is 18.9 Å². The summed E-state index contributed by atoms with van der Waals surface area (Å²) in [4.78, 5) is 0. The number of benzene rings is 4. The summed E-state index contributed by atoms with van der Waals surface area (Å²) in [7, 11) is 3.39. The summed E-state index contributed by atoms with van der Waals surface area (Å²) in [5.74, 6) is 1.75. The summed E-state index contributed by atoms with van der Waals surface area (Å²) in [6.45, 7) is 10.5. The smallest absolute Gasteiger partial charge is 0.130 e. The van der Waals surface area contributed by atoms with Gasteiger partial charge in [0.25, 0.3) is 0 Å². The molecule has 0 fully saturated rings. The lowest BCUT2D eigenvalue weighted by Crippen LogP contribution is -2.09. The van der Waals surface area contributed by atoms with Crippen LogP contribution >= 0.6 is 0 Å². The molecule has 0 spiro atoms. The summed E-state index contributed by atoms with van der Waals surface area (Å²) < 4.78 is 23.3. The van der Waals surface area contributed by atoms with Crippen molar-refractivity contribution >= 4 is 21.5 Å². The van der Waals surface area contributed by atoms with Gasteiger partial charge in [-0.2, -0.15) is 0 Å². The second-order valence-electron chi connectivity index (χ2n) is 8.93. The number of fused-ring (bicyclic) bond motifs is 2. The van der Waals surface area contributed by atoms with Crippen LogP contribution in [0, 0.1) is 27.7 Å². The zero-order valence-corrected chi connectivity index (χ0v) is 21.1. The second kappa shape index (κ2) is 10.5. The second-order valence-corrected chi connectivity index (χ2v) is 8.93. The SMILES string of the molecule is COCCOc1c(C)cc2cc(C)ccc2c1-c1c(OCCOC)c(C)cc2cc(C)ccc12. The molecule has 0 aliphatic heterocycles. The molecule has 0 amide bonds. The van der Waals surface area contributed by atoms with Crippen molar-refractivity contribution in [3.05, 3.63) is 70.8 Å². The van der Waals surface area contributed by atoms with Crippen molar-refractivity contribution in [3.63, 3.8) is 0 Å². The molecule has 0 saturated heterocycles. The van der Waals surface area contributed by atoms with Crippen LogP contribution in [-0.2, 0) is 9.47 Å². The van der Waals surface area contributed by atoms with Crippen molar-refractivity contribution in [1.82, 2.24) is 0 Å². The molecule has 4 heteroatoms. The lowest BCUT2D eigenvalue weighted by atomic mass is 9.88. The monoisotopic (exact) mass is 458 g/mol. The number of hydrogen-bond donors (Lipinski definition) is 0. The third-order valence-electron chi connectivity index (χ3n) is 6.18. The Kier molecular flexibility index (Phi) is 7.40.